The number of aromatic nitrogens is 2. The largest absolute Gasteiger partial charge is 0.396 e. The van der Waals surface area contributed by atoms with E-state index in [2.05, 4.69) is 15.7 Å². The highest BCUT2D eigenvalue weighted by atomic mass is 16.3. The van der Waals surface area contributed by atoms with Crippen molar-refractivity contribution in [3.63, 3.8) is 0 Å². The van der Waals surface area contributed by atoms with Crippen molar-refractivity contribution in [2.75, 3.05) is 13.2 Å². The van der Waals surface area contributed by atoms with E-state index in [0.717, 1.165) is 17.8 Å². The molecule has 0 spiro atoms. The van der Waals surface area contributed by atoms with Crippen molar-refractivity contribution in [1.29, 1.82) is 0 Å². The molecular weight excluding hydrogens is 256 g/mol. The summed E-state index contributed by atoms with van der Waals surface area (Å²) >= 11 is 0. The normalized spacial score (nSPS) is 13.9. The van der Waals surface area contributed by atoms with Crippen molar-refractivity contribution in [3.05, 3.63) is 17.0 Å². The number of aryl methyl sites for hydroxylation is 2. The Bertz CT molecular complexity index is 456. The molecule has 0 saturated carbocycles. The predicted molar refractivity (Wildman–Crippen MR) is 78.6 cm³/mol. The molecule has 0 aliphatic rings. The first-order chi connectivity index (χ1) is 9.36. The molecule has 0 bridgehead atoms. The van der Waals surface area contributed by atoms with Crippen LogP contribution in [0, 0.1) is 19.8 Å². The van der Waals surface area contributed by atoms with Crippen LogP contribution in [0.4, 0.5) is 4.79 Å². The first kappa shape index (κ1) is 16.5. The maximum Gasteiger partial charge on any atom is 0.315 e. The van der Waals surface area contributed by atoms with Crippen molar-refractivity contribution >= 4 is 6.03 Å². The van der Waals surface area contributed by atoms with Crippen molar-refractivity contribution in [3.8, 4) is 0 Å². The molecule has 3 N–H and O–H groups in total. The van der Waals surface area contributed by atoms with Gasteiger partial charge in [-0.1, -0.05) is 6.92 Å². The van der Waals surface area contributed by atoms with Crippen LogP contribution in [0.5, 0.6) is 0 Å². The fourth-order valence-corrected chi connectivity index (χ4v) is 2.04. The summed E-state index contributed by atoms with van der Waals surface area (Å²) in [5.41, 5.74) is 3.33. The number of nitrogens with one attached hydrogen (secondary N) is 2. The van der Waals surface area contributed by atoms with Crippen molar-refractivity contribution < 1.29 is 9.90 Å². The minimum Gasteiger partial charge on any atom is -0.396 e. The lowest BCUT2D eigenvalue weighted by Crippen LogP contribution is -2.44. The summed E-state index contributed by atoms with van der Waals surface area (Å²) in [5.74, 6) is 0.0450. The number of rotatable bonds is 6. The molecule has 0 aliphatic heterocycles. The molecule has 20 heavy (non-hydrogen) atoms. The van der Waals surface area contributed by atoms with Gasteiger partial charge in [-0.05, 0) is 38.7 Å². The summed E-state index contributed by atoms with van der Waals surface area (Å²) in [7, 11) is 1.92. The quantitative estimate of drug-likeness (QED) is 0.725. The lowest BCUT2D eigenvalue weighted by molar-refractivity contribution is 0.200. The van der Waals surface area contributed by atoms with Gasteiger partial charge in [-0.15, -0.1) is 0 Å². The van der Waals surface area contributed by atoms with E-state index in [1.54, 1.807) is 0 Å². The van der Waals surface area contributed by atoms with E-state index in [0.29, 0.717) is 6.54 Å². The molecule has 1 aromatic rings. The number of urea groups is 1. The Hall–Kier alpha value is -1.56. The van der Waals surface area contributed by atoms with Crippen LogP contribution >= 0.6 is 0 Å². The number of amides is 2. The number of aliphatic hydroxyl groups excluding tert-OH is 1. The van der Waals surface area contributed by atoms with Crippen molar-refractivity contribution in [1.82, 2.24) is 20.4 Å². The molecule has 0 fully saturated rings. The number of nitrogens with zero attached hydrogens (tertiary/aromatic N) is 2. The molecule has 1 rings (SSSR count). The summed E-state index contributed by atoms with van der Waals surface area (Å²) in [4.78, 5) is 11.7. The molecule has 1 aromatic heterocycles. The highest BCUT2D eigenvalue weighted by molar-refractivity contribution is 5.74. The third kappa shape index (κ3) is 4.23. The maximum absolute atomic E-state index is 11.7. The predicted octanol–water partition coefficient (Wildman–Crippen LogP) is 0.896. The monoisotopic (exact) mass is 282 g/mol. The van der Waals surface area contributed by atoms with Gasteiger partial charge in [0, 0.05) is 31.9 Å². The fourth-order valence-electron chi connectivity index (χ4n) is 2.04. The first-order valence-corrected chi connectivity index (χ1v) is 7.01. The van der Waals surface area contributed by atoms with Gasteiger partial charge in [-0.2, -0.15) is 5.10 Å². The molecule has 2 unspecified atom stereocenters. The van der Waals surface area contributed by atoms with Gasteiger partial charge in [0.05, 0.1) is 5.69 Å². The van der Waals surface area contributed by atoms with Crippen LogP contribution in [0.2, 0.25) is 0 Å². The van der Waals surface area contributed by atoms with Gasteiger partial charge in [-0.25, -0.2) is 4.79 Å². The molecule has 0 saturated heterocycles. The zero-order valence-electron chi connectivity index (χ0n) is 13.0. The zero-order chi connectivity index (χ0) is 15.3. The van der Waals surface area contributed by atoms with E-state index in [-0.39, 0.29) is 24.6 Å². The zero-order valence-corrected chi connectivity index (χ0v) is 13.0. The van der Waals surface area contributed by atoms with Crippen molar-refractivity contribution in [2.45, 2.75) is 40.2 Å². The minimum atomic E-state index is -0.197. The number of aliphatic hydroxyl groups is 1. The Morgan fingerprint density at radius 2 is 2.05 bits per heavy atom. The third-order valence-corrected chi connectivity index (χ3v) is 3.82. The van der Waals surface area contributed by atoms with Crippen molar-refractivity contribution in [2.24, 2.45) is 13.0 Å². The SMILES string of the molecule is Cc1nn(C)c(C)c1CCNC(=O)NC(C)C(C)CO. The summed E-state index contributed by atoms with van der Waals surface area (Å²) < 4.78 is 1.86. The molecule has 0 radical (unpaired) electrons. The third-order valence-electron chi connectivity index (χ3n) is 3.82. The summed E-state index contributed by atoms with van der Waals surface area (Å²) in [6.07, 6.45) is 0.767. The highest BCUT2D eigenvalue weighted by Crippen LogP contribution is 2.11. The Morgan fingerprint density at radius 3 is 2.55 bits per heavy atom. The number of carbonyl (C=O) groups is 1. The second kappa shape index (κ2) is 7.28. The van der Waals surface area contributed by atoms with E-state index in [9.17, 15) is 4.79 Å². The summed E-state index contributed by atoms with van der Waals surface area (Å²) in [5, 5.41) is 19.0. The van der Waals surface area contributed by atoms with E-state index in [1.165, 1.54) is 5.56 Å². The molecule has 6 nitrogen and oxygen atoms in total. The molecule has 0 aromatic carbocycles. The second-order valence-corrected chi connectivity index (χ2v) is 5.37. The van der Waals surface area contributed by atoms with Crippen LogP contribution in [0.3, 0.4) is 0 Å². The average Bonchev–Trinajstić information content (AvgIpc) is 2.63. The van der Waals surface area contributed by atoms with E-state index < -0.39 is 0 Å². The maximum atomic E-state index is 11.7. The lowest BCUT2D eigenvalue weighted by atomic mass is 10.1. The first-order valence-electron chi connectivity index (χ1n) is 7.01. The van der Waals surface area contributed by atoms with Gasteiger partial charge in [-0.3, -0.25) is 4.68 Å². The van der Waals surface area contributed by atoms with Crippen LogP contribution in [0.25, 0.3) is 0 Å². The van der Waals surface area contributed by atoms with Gasteiger partial charge in [0.2, 0.25) is 0 Å². The average molecular weight is 282 g/mol. The Balaban J connectivity index is 2.39. The number of carbonyl (C=O) groups excluding carboxylic acids is 1. The Kier molecular flexibility index (Phi) is 6.01. The lowest BCUT2D eigenvalue weighted by Gasteiger charge is -2.19. The van der Waals surface area contributed by atoms with E-state index >= 15 is 0 Å². The van der Waals surface area contributed by atoms with E-state index in [4.69, 9.17) is 5.11 Å². The molecule has 2 atom stereocenters. The standard InChI is InChI=1S/C14H26N4O2/c1-9(8-19)10(2)16-14(20)15-7-6-13-11(3)17-18(5)12(13)4/h9-10,19H,6-8H2,1-5H3,(H2,15,16,20). The minimum absolute atomic E-state index is 0.0450. The van der Waals surface area contributed by atoms with Crippen LogP contribution in [0.15, 0.2) is 0 Å². The number of hydrogen-bond donors (Lipinski definition) is 3. The molecule has 1 heterocycles. The second-order valence-electron chi connectivity index (χ2n) is 5.37. The van der Waals surface area contributed by atoms with Gasteiger partial charge in [0.15, 0.2) is 0 Å². The Labute approximate surface area is 120 Å². The van der Waals surface area contributed by atoms with Gasteiger partial charge < -0.3 is 15.7 Å². The van der Waals surface area contributed by atoms with Gasteiger partial charge in [0.25, 0.3) is 0 Å². The van der Waals surface area contributed by atoms with Gasteiger partial charge in [0.1, 0.15) is 0 Å². The molecule has 6 heteroatoms. The smallest absolute Gasteiger partial charge is 0.315 e. The molecule has 114 valence electrons. The van der Waals surface area contributed by atoms with Crippen LogP contribution in [0.1, 0.15) is 30.8 Å². The van der Waals surface area contributed by atoms with Crippen LogP contribution in [-0.2, 0) is 13.5 Å². The van der Waals surface area contributed by atoms with Crippen LogP contribution < -0.4 is 10.6 Å². The molecular formula is C14H26N4O2. The highest BCUT2D eigenvalue weighted by Gasteiger charge is 2.14. The molecule has 0 aliphatic carbocycles. The summed E-state index contributed by atoms with van der Waals surface area (Å²) in [6, 6.07) is -0.251. The van der Waals surface area contributed by atoms with E-state index in [1.807, 2.05) is 39.4 Å². The van der Waals surface area contributed by atoms with Crippen LogP contribution in [-0.4, -0.2) is 40.1 Å². The molecule has 2 amide bonds. The summed E-state index contributed by atoms with van der Waals surface area (Å²) in [6.45, 7) is 8.42. The number of hydrogen-bond acceptors (Lipinski definition) is 3. The topological polar surface area (TPSA) is 79.2 Å². The van der Waals surface area contributed by atoms with Gasteiger partial charge >= 0.3 is 6.03 Å². The fraction of sp³-hybridized carbons (Fsp3) is 0.714. The Morgan fingerprint density at radius 1 is 1.40 bits per heavy atom.